The normalized spacial score (nSPS) is 13.7. The van der Waals surface area contributed by atoms with Crippen molar-refractivity contribution >= 4 is 31.8 Å². The van der Waals surface area contributed by atoms with Crippen molar-refractivity contribution in [2.45, 2.75) is 9.79 Å². The van der Waals surface area contributed by atoms with E-state index in [9.17, 15) is 31.0 Å². The molecule has 2 aromatic carbocycles. The Labute approximate surface area is 164 Å². The van der Waals surface area contributed by atoms with Gasteiger partial charge in [0, 0.05) is 22.3 Å². The van der Waals surface area contributed by atoms with E-state index in [4.69, 9.17) is 4.55 Å². The molecule has 0 saturated carbocycles. The van der Waals surface area contributed by atoms with Crippen molar-refractivity contribution in [3.63, 3.8) is 0 Å². The van der Waals surface area contributed by atoms with Crippen LogP contribution in [0.1, 0.15) is 31.8 Å². The number of hydrogen-bond acceptors (Lipinski definition) is 7. The summed E-state index contributed by atoms with van der Waals surface area (Å²) in [6.45, 7) is 0. The van der Waals surface area contributed by atoms with Crippen LogP contribution in [0.2, 0.25) is 0 Å². The largest absolute Gasteiger partial charge is 1.00 e. The molecular weight excluding hydrogens is 383 g/mol. The van der Waals surface area contributed by atoms with Gasteiger partial charge in [0.1, 0.15) is 10.1 Å². The minimum absolute atomic E-state index is 0. The second kappa shape index (κ2) is 6.40. The third-order valence-corrected chi connectivity index (χ3v) is 5.23. The van der Waals surface area contributed by atoms with Gasteiger partial charge in [0.2, 0.25) is 0 Å². The predicted octanol–water partition coefficient (Wildman–Crippen LogP) is -2.38. The van der Waals surface area contributed by atoms with Gasteiger partial charge in [0.15, 0.2) is 11.6 Å². The standard InChI is InChI=1S/C14H8O8S2.Na/c15-13-9-3-1-7(23(17,18)19)5-11(9)14(16)12-6-8(24(20,21)22)2-4-10(12)13;/h1-6H,(H,17,18,19)(H,20,21,22);/q;+1/p-1. The molecule has 0 spiro atoms. The molecule has 0 unspecified atom stereocenters. The Morgan fingerprint density at radius 2 is 1.12 bits per heavy atom. The van der Waals surface area contributed by atoms with Crippen molar-refractivity contribution in [3.8, 4) is 0 Å². The van der Waals surface area contributed by atoms with Gasteiger partial charge >= 0.3 is 29.6 Å². The second-order valence-corrected chi connectivity index (χ2v) is 7.80. The summed E-state index contributed by atoms with van der Waals surface area (Å²) in [6.07, 6.45) is 0. The number of benzene rings is 2. The van der Waals surface area contributed by atoms with E-state index in [0.717, 1.165) is 36.4 Å². The summed E-state index contributed by atoms with van der Waals surface area (Å²) in [6, 6.07) is 5.64. The molecule has 1 aliphatic carbocycles. The maximum Gasteiger partial charge on any atom is 1.00 e. The van der Waals surface area contributed by atoms with Gasteiger partial charge in [-0.1, -0.05) is 0 Å². The number of ketones is 2. The van der Waals surface area contributed by atoms with E-state index >= 15 is 0 Å². The molecule has 0 heterocycles. The Morgan fingerprint density at radius 1 is 0.720 bits per heavy atom. The van der Waals surface area contributed by atoms with Gasteiger partial charge in [-0.25, -0.2) is 8.42 Å². The summed E-state index contributed by atoms with van der Waals surface area (Å²) in [4.78, 5) is 23.6. The first-order valence-corrected chi connectivity index (χ1v) is 9.16. The van der Waals surface area contributed by atoms with Crippen molar-refractivity contribution in [2.75, 3.05) is 0 Å². The van der Waals surface area contributed by atoms with E-state index in [2.05, 4.69) is 0 Å². The van der Waals surface area contributed by atoms with Crippen LogP contribution >= 0.6 is 0 Å². The Morgan fingerprint density at radius 3 is 1.56 bits per heavy atom. The number of carbonyl (C=O) groups is 2. The first-order valence-electron chi connectivity index (χ1n) is 6.31. The Balaban J connectivity index is 0.00000225. The number of hydrogen-bond donors (Lipinski definition) is 1. The van der Waals surface area contributed by atoms with Crippen molar-refractivity contribution < 1.29 is 65.1 Å². The molecule has 0 amide bonds. The zero-order valence-electron chi connectivity index (χ0n) is 12.6. The van der Waals surface area contributed by atoms with Crippen LogP contribution in [-0.4, -0.2) is 37.5 Å². The molecule has 3 rings (SSSR count). The van der Waals surface area contributed by atoms with E-state index in [1.54, 1.807) is 0 Å². The van der Waals surface area contributed by atoms with Gasteiger partial charge in [-0.2, -0.15) is 8.42 Å². The van der Waals surface area contributed by atoms with Gasteiger partial charge in [-0.3, -0.25) is 14.1 Å². The molecular formula is C14H7NaO8S2. The maximum absolute atomic E-state index is 12.5. The van der Waals surface area contributed by atoms with Crippen LogP contribution in [0.4, 0.5) is 0 Å². The molecule has 2 aromatic rings. The fourth-order valence-corrected chi connectivity index (χ4v) is 3.43. The third kappa shape index (κ3) is 3.47. The summed E-state index contributed by atoms with van der Waals surface area (Å²) >= 11 is 0. The van der Waals surface area contributed by atoms with Crippen LogP contribution in [0.25, 0.3) is 0 Å². The zero-order chi connectivity index (χ0) is 17.9. The summed E-state index contributed by atoms with van der Waals surface area (Å²) < 4.78 is 64.6. The van der Waals surface area contributed by atoms with Crippen LogP contribution in [0.3, 0.4) is 0 Å². The molecule has 0 aliphatic heterocycles. The first kappa shape index (κ1) is 19.9. The molecule has 11 heteroatoms. The van der Waals surface area contributed by atoms with Gasteiger partial charge in [-0.15, -0.1) is 0 Å². The van der Waals surface area contributed by atoms with E-state index in [1.807, 2.05) is 0 Å². The van der Waals surface area contributed by atoms with Crippen LogP contribution in [0, 0.1) is 0 Å². The van der Waals surface area contributed by atoms with Gasteiger partial charge in [0.05, 0.1) is 9.79 Å². The topological polar surface area (TPSA) is 146 Å². The van der Waals surface area contributed by atoms with Crippen molar-refractivity contribution in [1.29, 1.82) is 0 Å². The molecule has 124 valence electrons. The smallest absolute Gasteiger partial charge is 0.744 e. The van der Waals surface area contributed by atoms with Crippen LogP contribution in [-0.2, 0) is 20.2 Å². The molecule has 0 saturated heterocycles. The average molecular weight is 390 g/mol. The quantitative estimate of drug-likeness (QED) is 0.377. The summed E-state index contributed by atoms with van der Waals surface area (Å²) in [5.74, 6) is -1.45. The molecule has 25 heavy (non-hydrogen) atoms. The van der Waals surface area contributed by atoms with E-state index in [-0.39, 0.29) is 51.8 Å². The third-order valence-electron chi connectivity index (χ3n) is 3.55. The predicted molar refractivity (Wildman–Crippen MR) is 77.5 cm³/mol. The van der Waals surface area contributed by atoms with E-state index in [1.165, 1.54) is 0 Å². The summed E-state index contributed by atoms with van der Waals surface area (Å²) in [7, 11) is -9.43. The second-order valence-electron chi connectivity index (χ2n) is 5.00. The maximum atomic E-state index is 12.5. The molecule has 0 atom stereocenters. The van der Waals surface area contributed by atoms with Gasteiger partial charge in [-0.05, 0) is 36.4 Å². The fourth-order valence-electron chi connectivity index (χ4n) is 2.42. The Bertz CT molecular complexity index is 1050. The van der Waals surface area contributed by atoms with Crippen LogP contribution < -0.4 is 29.6 Å². The van der Waals surface area contributed by atoms with Gasteiger partial charge in [0.25, 0.3) is 10.1 Å². The van der Waals surface area contributed by atoms with Crippen molar-refractivity contribution in [3.05, 3.63) is 58.7 Å². The number of fused-ring (bicyclic) bond motifs is 2. The first-order chi connectivity index (χ1) is 11.0. The van der Waals surface area contributed by atoms with Crippen molar-refractivity contribution in [2.24, 2.45) is 0 Å². The van der Waals surface area contributed by atoms with E-state index < -0.39 is 41.6 Å². The van der Waals surface area contributed by atoms with Crippen molar-refractivity contribution in [1.82, 2.24) is 0 Å². The monoisotopic (exact) mass is 390 g/mol. The molecule has 0 aromatic heterocycles. The minimum Gasteiger partial charge on any atom is -0.744 e. The Hall–Kier alpha value is -1.40. The number of carbonyl (C=O) groups excluding carboxylic acids is 2. The Kier molecular flexibility index (Phi) is 5.10. The summed E-state index contributed by atoms with van der Waals surface area (Å²) in [5, 5.41) is 0. The molecule has 0 radical (unpaired) electrons. The zero-order valence-corrected chi connectivity index (χ0v) is 16.2. The minimum atomic E-state index is -4.84. The van der Waals surface area contributed by atoms with Gasteiger partial charge < -0.3 is 4.55 Å². The molecule has 1 aliphatic rings. The van der Waals surface area contributed by atoms with Crippen LogP contribution in [0.5, 0.6) is 0 Å². The molecule has 1 N–H and O–H groups in total. The van der Waals surface area contributed by atoms with E-state index in [0.29, 0.717) is 0 Å². The average Bonchev–Trinajstić information content (AvgIpc) is 2.49. The summed E-state index contributed by atoms with van der Waals surface area (Å²) in [5.41, 5.74) is -0.808. The molecule has 0 fully saturated rings. The number of rotatable bonds is 2. The fraction of sp³-hybridized carbons (Fsp3) is 0. The molecule has 8 nitrogen and oxygen atoms in total. The SMILES string of the molecule is O=C1c2ccc(S(=O)(=O)[O-])cc2C(=O)c2cc(S(=O)(=O)O)ccc21.[Na+]. The van der Waals surface area contributed by atoms with Crippen LogP contribution in [0.15, 0.2) is 46.2 Å². The molecule has 0 bridgehead atoms.